The van der Waals surface area contributed by atoms with E-state index in [2.05, 4.69) is 0 Å². The van der Waals surface area contributed by atoms with Crippen LogP contribution in [0.2, 0.25) is 0 Å². The number of rotatable bonds is 5. The molecule has 6 heteroatoms. The Hall–Kier alpha value is 1.41. The Balaban J connectivity index is 3.99. The Kier molecular flexibility index (Phi) is 7.60. The van der Waals surface area contributed by atoms with Crippen molar-refractivity contribution < 1.29 is 5.11 Å². The maximum absolute atomic E-state index is 8.66. The van der Waals surface area contributed by atoms with Gasteiger partial charge in [0.05, 0.1) is 28.1 Å². The fourth-order valence-electron chi connectivity index (χ4n) is 0.585. The molecular weight excluding hydrogens is 265 g/mol. The quantitative estimate of drug-likeness (QED) is 0.764. The van der Waals surface area contributed by atoms with E-state index in [0.29, 0.717) is 0 Å². The molecule has 1 nitrogen and oxygen atoms in total. The number of aliphatic hydroxyl groups excluding tert-OH is 1. The van der Waals surface area contributed by atoms with E-state index in [1.54, 1.807) is 0 Å². The van der Waals surface area contributed by atoms with Gasteiger partial charge in [-0.05, 0) is 0 Å². The van der Waals surface area contributed by atoms with Crippen molar-refractivity contribution in [3.63, 3.8) is 0 Å². The lowest BCUT2D eigenvalue weighted by Crippen LogP contribution is -2.34. The first-order valence-corrected chi connectivity index (χ1v) is 5.55. The third-order valence-corrected chi connectivity index (χ3v) is 4.18. The second-order valence-corrected chi connectivity index (χ2v) is 4.70. The van der Waals surface area contributed by atoms with E-state index in [9.17, 15) is 0 Å². The summed E-state index contributed by atoms with van der Waals surface area (Å²) in [4.78, 5) is 0. The van der Waals surface area contributed by atoms with Crippen LogP contribution in [-0.4, -0.2) is 39.1 Å². The fourth-order valence-corrected chi connectivity index (χ4v) is 1.85. The molecule has 0 heterocycles. The number of hydrogen-bond acceptors (Lipinski definition) is 1. The molecule has 0 aliphatic carbocycles. The normalized spacial score (nSPS) is 21.5. The van der Waals surface area contributed by atoms with Crippen molar-refractivity contribution in [3.05, 3.63) is 0 Å². The first-order valence-electron chi connectivity index (χ1n) is 3.27. The van der Waals surface area contributed by atoms with E-state index in [1.807, 2.05) is 0 Å². The molecule has 0 saturated carbocycles. The number of aliphatic hydroxyl groups is 1. The van der Waals surface area contributed by atoms with Crippen molar-refractivity contribution in [1.29, 1.82) is 0 Å². The lowest BCUT2D eigenvalue weighted by atomic mass is 10.2. The van der Waals surface area contributed by atoms with Gasteiger partial charge in [0, 0.05) is 5.88 Å². The van der Waals surface area contributed by atoms with Crippen molar-refractivity contribution in [1.82, 2.24) is 0 Å². The van der Waals surface area contributed by atoms with Crippen LogP contribution >= 0.6 is 58.0 Å². The Morgan fingerprint density at radius 1 is 0.917 bits per heavy atom. The third-order valence-electron chi connectivity index (χ3n) is 1.32. The molecule has 0 aliphatic rings. The average molecular weight is 274 g/mol. The first-order chi connectivity index (χ1) is 5.54. The molecule has 4 atom stereocenters. The highest BCUT2D eigenvalue weighted by Gasteiger charge is 2.29. The van der Waals surface area contributed by atoms with E-state index < -0.39 is 21.5 Å². The van der Waals surface area contributed by atoms with E-state index >= 15 is 0 Å². The van der Waals surface area contributed by atoms with Crippen molar-refractivity contribution >= 4 is 58.0 Å². The van der Waals surface area contributed by atoms with Gasteiger partial charge in [-0.25, -0.2) is 0 Å². The molecule has 0 amide bonds. The van der Waals surface area contributed by atoms with Crippen LogP contribution in [-0.2, 0) is 0 Å². The summed E-state index contributed by atoms with van der Waals surface area (Å²) in [7, 11) is 0. The summed E-state index contributed by atoms with van der Waals surface area (Å²) in [5.41, 5.74) is 0. The van der Waals surface area contributed by atoms with Gasteiger partial charge in [-0.3, -0.25) is 0 Å². The summed E-state index contributed by atoms with van der Waals surface area (Å²) in [6, 6.07) is 0. The highest BCUT2D eigenvalue weighted by atomic mass is 35.5. The third kappa shape index (κ3) is 4.08. The highest BCUT2D eigenvalue weighted by Crippen LogP contribution is 2.24. The summed E-state index contributed by atoms with van der Waals surface area (Å²) in [6.07, 6.45) is 0. The second-order valence-electron chi connectivity index (χ2n) is 2.26. The average Bonchev–Trinajstić information content (AvgIpc) is 2.12. The summed E-state index contributed by atoms with van der Waals surface area (Å²) >= 11 is 28.4. The molecule has 0 rings (SSSR count). The lowest BCUT2D eigenvalue weighted by Gasteiger charge is -2.21. The Labute approximate surface area is 96.9 Å². The van der Waals surface area contributed by atoms with Gasteiger partial charge < -0.3 is 5.11 Å². The van der Waals surface area contributed by atoms with Crippen LogP contribution in [0.5, 0.6) is 0 Å². The van der Waals surface area contributed by atoms with Gasteiger partial charge in [-0.15, -0.1) is 58.0 Å². The Morgan fingerprint density at radius 3 is 1.67 bits per heavy atom. The summed E-state index contributed by atoms with van der Waals surface area (Å²) in [5.74, 6) is 0.202. The van der Waals surface area contributed by atoms with Crippen molar-refractivity contribution in [2.75, 3.05) is 12.5 Å². The molecular formula is C6H9Cl5O. The predicted octanol–water partition coefficient (Wildman–Crippen LogP) is 2.65. The van der Waals surface area contributed by atoms with E-state index in [0.717, 1.165) is 0 Å². The zero-order valence-corrected chi connectivity index (χ0v) is 9.84. The first kappa shape index (κ1) is 13.4. The van der Waals surface area contributed by atoms with Crippen LogP contribution in [0.25, 0.3) is 0 Å². The van der Waals surface area contributed by atoms with Gasteiger partial charge in [0.2, 0.25) is 0 Å². The topological polar surface area (TPSA) is 20.2 Å². The zero-order valence-electron chi connectivity index (χ0n) is 6.06. The van der Waals surface area contributed by atoms with Crippen LogP contribution in [0.1, 0.15) is 0 Å². The molecule has 4 unspecified atom stereocenters. The second kappa shape index (κ2) is 6.80. The van der Waals surface area contributed by atoms with Crippen LogP contribution in [0.3, 0.4) is 0 Å². The Morgan fingerprint density at radius 2 is 1.33 bits per heavy atom. The summed E-state index contributed by atoms with van der Waals surface area (Å²) in [5, 5.41) is 6.49. The zero-order chi connectivity index (χ0) is 9.72. The van der Waals surface area contributed by atoms with Gasteiger partial charge in [0.1, 0.15) is 0 Å². The largest absolute Gasteiger partial charge is 0.395 e. The SMILES string of the molecule is OCC(Cl)C(Cl)C(Cl)C(Cl)CCl. The fraction of sp³-hybridized carbons (Fsp3) is 1.00. The van der Waals surface area contributed by atoms with Crippen molar-refractivity contribution in [2.24, 2.45) is 0 Å². The van der Waals surface area contributed by atoms with Crippen LogP contribution in [0.15, 0.2) is 0 Å². The molecule has 1 N–H and O–H groups in total. The van der Waals surface area contributed by atoms with Gasteiger partial charge in [0.25, 0.3) is 0 Å². The maximum Gasteiger partial charge on any atom is 0.0745 e. The summed E-state index contributed by atoms with van der Waals surface area (Å²) < 4.78 is 0. The van der Waals surface area contributed by atoms with Crippen LogP contribution < -0.4 is 0 Å². The number of hydrogen-bond donors (Lipinski definition) is 1. The molecule has 0 fully saturated rings. The minimum absolute atomic E-state index is 0.202. The minimum Gasteiger partial charge on any atom is -0.395 e. The molecule has 0 aliphatic heterocycles. The molecule has 74 valence electrons. The standard InChI is InChI=1S/C6H9Cl5O/c7-1-3(8)5(10)6(11)4(9)2-12/h3-6,12H,1-2H2. The van der Waals surface area contributed by atoms with Gasteiger partial charge >= 0.3 is 0 Å². The van der Waals surface area contributed by atoms with Gasteiger partial charge in [-0.1, -0.05) is 0 Å². The predicted molar refractivity (Wildman–Crippen MR) is 56.4 cm³/mol. The van der Waals surface area contributed by atoms with Crippen molar-refractivity contribution in [3.8, 4) is 0 Å². The molecule has 0 saturated heterocycles. The molecule has 0 aromatic heterocycles. The molecule has 0 bridgehead atoms. The van der Waals surface area contributed by atoms with E-state index in [4.69, 9.17) is 63.1 Å². The van der Waals surface area contributed by atoms with Crippen molar-refractivity contribution in [2.45, 2.75) is 21.5 Å². The molecule has 0 aromatic carbocycles. The van der Waals surface area contributed by atoms with Gasteiger partial charge in [0.15, 0.2) is 0 Å². The summed E-state index contributed by atoms with van der Waals surface area (Å²) in [6.45, 7) is -0.231. The number of halogens is 5. The van der Waals surface area contributed by atoms with E-state index in [1.165, 1.54) is 0 Å². The number of alkyl halides is 5. The Bertz CT molecular complexity index is 109. The van der Waals surface area contributed by atoms with E-state index in [-0.39, 0.29) is 12.5 Å². The highest BCUT2D eigenvalue weighted by molar-refractivity contribution is 6.39. The molecule has 0 aromatic rings. The lowest BCUT2D eigenvalue weighted by molar-refractivity contribution is 0.288. The molecule has 12 heavy (non-hydrogen) atoms. The molecule has 0 spiro atoms. The van der Waals surface area contributed by atoms with Gasteiger partial charge in [-0.2, -0.15) is 0 Å². The van der Waals surface area contributed by atoms with Crippen LogP contribution in [0, 0.1) is 0 Å². The maximum atomic E-state index is 8.66. The monoisotopic (exact) mass is 272 g/mol. The molecule has 0 radical (unpaired) electrons. The smallest absolute Gasteiger partial charge is 0.0745 e. The van der Waals surface area contributed by atoms with Crippen LogP contribution in [0.4, 0.5) is 0 Å². The minimum atomic E-state index is -0.598.